The van der Waals surface area contributed by atoms with Gasteiger partial charge in [0, 0.05) is 8.45 Å². The molecule has 1 heterocycles. The van der Waals surface area contributed by atoms with Crippen molar-refractivity contribution < 1.29 is 9.53 Å². The zero-order valence-electron chi connectivity index (χ0n) is 12.8. The van der Waals surface area contributed by atoms with Gasteiger partial charge in [0.2, 0.25) is 0 Å². The van der Waals surface area contributed by atoms with E-state index in [2.05, 4.69) is 27.9 Å². The lowest BCUT2D eigenvalue weighted by molar-refractivity contribution is -0.123. The lowest BCUT2D eigenvalue weighted by Gasteiger charge is -2.18. The van der Waals surface area contributed by atoms with Gasteiger partial charge in [-0.15, -0.1) is 11.3 Å². The van der Waals surface area contributed by atoms with Gasteiger partial charge in [0.25, 0.3) is 5.91 Å². The summed E-state index contributed by atoms with van der Waals surface area (Å²) in [6.45, 7) is -0.00466. The molecular weight excluding hydrogens is 433 g/mol. The molecule has 1 amide bonds. The summed E-state index contributed by atoms with van der Waals surface area (Å²) in [4.78, 5) is 13.4. The highest BCUT2D eigenvalue weighted by Gasteiger charge is 2.17. The number of nitrogens with one attached hydrogen (secondary N) is 1. The van der Waals surface area contributed by atoms with Gasteiger partial charge in [0.05, 0.1) is 6.04 Å². The van der Waals surface area contributed by atoms with Crippen LogP contribution in [0.3, 0.4) is 0 Å². The molecule has 1 atom stereocenters. The SMILES string of the molecule is O=C(COc1ccc(I)cc1)N[C@H](c1ccccc1)c1cccs1. The van der Waals surface area contributed by atoms with Crippen LogP contribution in [0.2, 0.25) is 0 Å². The maximum atomic E-state index is 12.3. The summed E-state index contributed by atoms with van der Waals surface area (Å²) >= 11 is 3.86. The average Bonchev–Trinajstić information content (AvgIpc) is 3.14. The Balaban J connectivity index is 1.66. The smallest absolute Gasteiger partial charge is 0.258 e. The molecule has 0 spiro atoms. The summed E-state index contributed by atoms with van der Waals surface area (Å²) in [7, 11) is 0. The fourth-order valence-electron chi connectivity index (χ4n) is 2.30. The molecule has 0 unspecified atom stereocenters. The topological polar surface area (TPSA) is 38.3 Å². The molecular formula is C19H16INO2S. The standard InChI is InChI=1S/C19H16INO2S/c20-15-8-10-16(11-9-15)23-13-18(22)21-19(17-7-4-12-24-17)14-5-2-1-3-6-14/h1-12,19H,13H2,(H,21,22)/t19-/m1/s1. The Hall–Kier alpha value is -1.86. The normalized spacial score (nSPS) is 11.7. The largest absolute Gasteiger partial charge is 0.484 e. The van der Waals surface area contributed by atoms with E-state index in [-0.39, 0.29) is 18.6 Å². The van der Waals surface area contributed by atoms with Crippen LogP contribution in [0.25, 0.3) is 0 Å². The molecule has 1 aromatic heterocycles. The molecule has 0 saturated carbocycles. The van der Waals surface area contributed by atoms with Crippen molar-refractivity contribution in [1.29, 1.82) is 0 Å². The third-order valence-corrected chi connectivity index (χ3v) is 5.11. The molecule has 0 saturated heterocycles. The summed E-state index contributed by atoms with van der Waals surface area (Å²) in [5.74, 6) is 0.550. The molecule has 3 nitrogen and oxygen atoms in total. The van der Waals surface area contributed by atoms with E-state index in [0.717, 1.165) is 14.0 Å². The monoisotopic (exact) mass is 449 g/mol. The second kappa shape index (κ2) is 8.30. The van der Waals surface area contributed by atoms with Gasteiger partial charge < -0.3 is 10.1 Å². The molecule has 3 aromatic rings. The van der Waals surface area contributed by atoms with Gasteiger partial charge in [-0.2, -0.15) is 0 Å². The molecule has 1 N–H and O–H groups in total. The minimum absolute atomic E-state index is 0.00466. The first-order valence-electron chi connectivity index (χ1n) is 7.48. The maximum absolute atomic E-state index is 12.3. The molecule has 0 radical (unpaired) electrons. The summed E-state index contributed by atoms with van der Waals surface area (Å²) < 4.78 is 6.70. The van der Waals surface area contributed by atoms with Crippen molar-refractivity contribution in [3.8, 4) is 5.75 Å². The molecule has 0 fully saturated rings. The minimum atomic E-state index is -0.154. The molecule has 5 heteroatoms. The minimum Gasteiger partial charge on any atom is -0.484 e. The number of carbonyl (C=O) groups is 1. The number of hydrogen-bond acceptors (Lipinski definition) is 3. The zero-order chi connectivity index (χ0) is 16.8. The number of carbonyl (C=O) groups excluding carboxylic acids is 1. The van der Waals surface area contributed by atoms with Crippen LogP contribution in [-0.2, 0) is 4.79 Å². The maximum Gasteiger partial charge on any atom is 0.258 e. The van der Waals surface area contributed by atoms with Crippen molar-refractivity contribution in [3.05, 3.63) is 86.1 Å². The predicted octanol–water partition coefficient (Wildman–Crippen LogP) is 4.64. The lowest BCUT2D eigenvalue weighted by Crippen LogP contribution is -2.32. The van der Waals surface area contributed by atoms with Crippen molar-refractivity contribution in [2.24, 2.45) is 0 Å². The summed E-state index contributed by atoms with van der Waals surface area (Å²) in [5, 5.41) is 5.08. The van der Waals surface area contributed by atoms with Gasteiger partial charge in [-0.25, -0.2) is 0 Å². The van der Waals surface area contributed by atoms with E-state index < -0.39 is 0 Å². The van der Waals surface area contributed by atoms with Crippen LogP contribution in [-0.4, -0.2) is 12.5 Å². The van der Waals surface area contributed by atoms with E-state index >= 15 is 0 Å². The quantitative estimate of drug-likeness (QED) is 0.557. The fourth-order valence-corrected chi connectivity index (χ4v) is 3.46. The van der Waals surface area contributed by atoms with E-state index in [9.17, 15) is 4.79 Å². The number of thiophene rings is 1. The molecule has 122 valence electrons. The van der Waals surface area contributed by atoms with Crippen molar-refractivity contribution in [2.75, 3.05) is 6.61 Å². The van der Waals surface area contributed by atoms with Gasteiger partial charge in [-0.3, -0.25) is 4.79 Å². The van der Waals surface area contributed by atoms with E-state index in [1.165, 1.54) is 0 Å². The van der Waals surface area contributed by atoms with Crippen LogP contribution in [0.15, 0.2) is 72.1 Å². The highest BCUT2D eigenvalue weighted by Crippen LogP contribution is 2.25. The molecule has 0 aliphatic heterocycles. The number of ether oxygens (including phenoxy) is 1. The third kappa shape index (κ3) is 4.58. The van der Waals surface area contributed by atoms with Crippen molar-refractivity contribution >= 4 is 39.8 Å². The van der Waals surface area contributed by atoms with E-state index in [1.807, 2.05) is 72.1 Å². The zero-order valence-corrected chi connectivity index (χ0v) is 15.8. The van der Waals surface area contributed by atoms with E-state index in [4.69, 9.17) is 4.74 Å². The first-order chi connectivity index (χ1) is 11.7. The van der Waals surface area contributed by atoms with Gasteiger partial charge in [-0.05, 0) is 63.9 Å². The average molecular weight is 449 g/mol. The molecule has 24 heavy (non-hydrogen) atoms. The van der Waals surface area contributed by atoms with Crippen molar-refractivity contribution in [1.82, 2.24) is 5.32 Å². The Morgan fingerprint density at radius 1 is 1.04 bits per heavy atom. The first-order valence-corrected chi connectivity index (χ1v) is 9.44. The van der Waals surface area contributed by atoms with Gasteiger partial charge >= 0.3 is 0 Å². The third-order valence-electron chi connectivity index (χ3n) is 3.45. The lowest BCUT2D eigenvalue weighted by atomic mass is 10.1. The number of halogens is 1. The predicted molar refractivity (Wildman–Crippen MR) is 105 cm³/mol. The summed E-state index contributed by atoms with van der Waals surface area (Å²) in [6.07, 6.45) is 0. The van der Waals surface area contributed by atoms with Crippen LogP contribution in [0, 0.1) is 3.57 Å². The Bertz CT molecular complexity index is 773. The second-order valence-electron chi connectivity index (χ2n) is 5.17. The van der Waals surface area contributed by atoms with Crippen LogP contribution in [0.1, 0.15) is 16.5 Å². The van der Waals surface area contributed by atoms with Crippen molar-refractivity contribution in [3.63, 3.8) is 0 Å². The van der Waals surface area contributed by atoms with E-state index in [1.54, 1.807) is 11.3 Å². The highest BCUT2D eigenvalue weighted by atomic mass is 127. The number of benzene rings is 2. The van der Waals surface area contributed by atoms with Crippen molar-refractivity contribution in [2.45, 2.75) is 6.04 Å². The fraction of sp³-hybridized carbons (Fsp3) is 0.105. The summed E-state index contributed by atoms with van der Waals surface area (Å²) in [5.41, 5.74) is 1.06. The Kier molecular flexibility index (Phi) is 5.87. The number of hydrogen-bond donors (Lipinski definition) is 1. The van der Waals surface area contributed by atoms with Gasteiger partial charge in [0.1, 0.15) is 5.75 Å². The second-order valence-corrected chi connectivity index (χ2v) is 7.39. The Morgan fingerprint density at radius 2 is 1.79 bits per heavy atom. The van der Waals surface area contributed by atoms with Crippen LogP contribution < -0.4 is 10.1 Å². The number of rotatable bonds is 6. The Morgan fingerprint density at radius 3 is 2.46 bits per heavy atom. The Labute approximate surface area is 158 Å². The number of amides is 1. The molecule has 2 aromatic carbocycles. The molecule has 3 rings (SSSR count). The van der Waals surface area contributed by atoms with Crippen LogP contribution in [0.4, 0.5) is 0 Å². The van der Waals surface area contributed by atoms with Gasteiger partial charge in [-0.1, -0.05) is 36.4 Å². The van der Waals surface area contributed by atoms with E-state index in [0.29, 0.717) is 5.75 Å². The summed E-state index contributed by atoms with van der Waals surface area (Å²) in [6, 6.07) is 21.5. The molecule has 0 bridgehead atoms. The highest BCUT2D eigenvalue weighted by molar-refractivity contribution is 14.1. The van der Waals surface area contributed by atoms with Gasteiger partial charge in [0.15, 0.2) is 6.61 Å². The molecule has 0 aliphatic carbocycles. The van der Waals surface area contributed by atoms with Crippen LogP contribution in [0.5, 0.6) is 5.75 Å². The first kappa shape index (κ1) is 17.0. The van der Waals surface area contributed by atoms with Crippen LogP contribution >= 0.6 is 33.9 Å². The molecule has 0 aliphatic rings.